The van der Waals surface area contributed by atoms with Gasteiger partial charge in [-0.2, -0.15) is 0 Å². The predicted octanol–water partition coefficient (Wildman–Crippen LogP) is 2.31. The van der Waals surface area contributed by atoms with E-state index in [0.717, 1.165) is 12.3 Å². The van der Waals surface area contributed by atoms with Crippen LogP contribution in [-0.2, 0) is 6.42 Å². The summed E-state index contributed by atoms with van der Waals surface area (Å²) in [6.45, 7) is 0. The first-order valence-corrected chi connectivity index (χ1v) is 6.26. The molecule has 0 aromatic carbocycles. The third-order valence-electron chi connectivity index (χ3n) is 3.18. The summed E-state index contributed by atoms with van der Waals surface area (Å²) in [6, 6.07) is 4.79. The van der Waals surface area contributed by atoms with Gasteiger partial charge in [0.05, 0.1) is 0 Å². The minimum absolute atomic E-state index is 0.483. The van der Waals surface area contributed by atoms with Gasteiger partial charge >= 0.3 is 0 Å². The fraction of sp³-hybridized carbons (Fsp3) is 0.636. The Kier molecular flexibility index (Phi) is 3.56. The molecule has 1 heterocycles. The van der Waals surface area contributed by atoms with Gasteiger partial charge in [0.25, 0.3) is 0 Å². The third kappa shape index (κ3) is 2.35. The first-order valence-electron chi connectivity index (χ1n) is 5.38. The van der Waals surface area contributed by atoms with Crippen LogP contribution in [0.3, 0.4) is 0 Å². The van der Waals surface area contributed by atoms with E-state index < -0.39 is 0 Å². The second-order valence-electron chi connectivity index (χ2n) is 4.10. The summed E-state index contributed by atoms with van der Waals surface area (Å²) >= 11 is 1.83. The summed E-state index contributed by atoms with van der Waals surface area (Å²) in [5.41, 5.74) is 2.99. The van der Waals surface area contributed by atoms with Crippen molar-refractivity contribution >= 4 is 11.3 Å². The average molecular weight is 210 g/mol. The zero-order chi connectivity index (χ0) is 9.80. The largest absolute Gasteiger partial charge is 0.271 e. The monoisotopic (exact) mass is 210 g/mol. The van der Waals surface area contributed by atoms with Crippen LogP contribution < -0.4 is 11.3 Å². The zero-order valence-electron chi connectivity index (χ0n) is 8.41. The molecule has 14 heavy (non-hydrogen) atoms. The van der Waals surface area contributed by atoms with E-state index in [-0.39, 0.29) is 0 Å². The number of nitrogens with two attached hydrogens (primary N) is 1. The molecule has 1 unspecified atom stereocenters. The Balaban J connectivity index is 1.92. The van der Waals surface area contributed by atoms with Crippen molar-refractivity contribution in [2.24, 2.45) is 11.8 Å². The fourth-order valence-corrected chi connectivity index (χ4v) is 3.13. The molecule has 1 aliphatic carbocycles. The summed E-state index contributed by atoms with van der Waals surface area (Å²) in [5.74, 6) is 6.42. The first kappa shape index (κ1) is 10.1. The molecule has 1 aromatic heterocycles. The molecule has 0 amide bonds. The Morgan fingerprint density at radius 2 is 2.29 bits per heavy atom. The molecule has 1 aromatic rings. The molecule has 2 rings (SSSR count). The highest BCUT2D eigenvalue weighted by atomic mass is 32.1. The Bertz CT molecular complexity index is 252. The highest BCUT2D eigenvalue weighted by Crippen LogP contribution is 2.29. The van der Waals surface area contributed by atoms with Crippen LogP contribution >= 0.6 is 11.3 Å². The lowest BCUT2D eigenvalue weighted by Gasteiger charge is -2.21. The Labute approximate surface area is 89.5 Å². The predicted molar refractivity (Wildman–Crippen MR) is 61.1 cm³/mol. The minimum atomic E-state index is 0.483. The standard InChI is InChI=1S/C11H18N2S/c12-13-11(9-4-1-2-5-9)8-10-6-3-7-14-10/h3,6-7,9,11,13H,1-2,4-5,8,12H2. The van der Waals surface area contributed by atoms with Crippen LogP contribution in [0.4, 0.5) is 0 Å². The maximum absolute atomic E-state index is 5.62. The van der Waals surface area contributed by atoms with E-state index >= 15 is 0 Å². The molecule has 1 saturated carbocycles. The normalized spacial score (nSPS) is 20.1. The molecule has 1 atom stereocenters. The SMILES string of the molecule is NNC(Cc1cccs1)C1CCCC1. The number of thiophene rings is 1. The van der Waals surface area contributed by atoms with Gasteiger partial charge < -0.3 is 0 Å². The Morgan fingerprint density at radius 1 is 1.50 bits per heavy atom. The molecule has 3 heteroatoms. The van der Waals surface area contributed by atoms with Crippen LogP contribution in [0.25, 0.3) is 0 Å². The van der Waals surface area contributed by atoms with E-state index in [4.69, 9.17) is 5.84 Å². The van der Waals surface area contributed by atoms with Crippen LogP contribution in [0.1, 0.15) is 30.6 Å². The van der Waals surface area contributed by atoms with E-state index in [1.165, 1.54) is 30.6 Å². The van der Waals surface area contributed by atoms with E-state index in [1.807, 2.05) is 11.3 Å². The maximum atomic E-state index is 5.62. The van der Waals surface area contributed by atoms with Crippen LogP contribution in [0.15, 0.2) is 17.5 Å². The van der Waals surface area contributed by atoms with Gasteiger partial charge in [0, 0.05) is 10.9 Å². The van der Waals surface area contributed by atoms with Gasteiger partial charge in [-0.25, -0.2) is 0 Å². The number of hydrogen-bond donors (Lipinski definition) is 2. The number of hydrazine groups is 1. The average Bonchev–Trinajstić information content (AvgIpc) is 2.86. The molecule has 0 radical (unpaired) electrons. The summed E-state index contributed by atoms with van der Waals surface area (Å²) < 4.78 is 0. The summed E-state index contributed by atoms with van der Waals surface area (Å²) in [5, 5.41) is 2.14. The smallest absolute Gasteiger partial charge is 0.0286 e. The summed E-state index contributed by atoms with van der Waals surface area (Å²) in [4.78, 5) is 1.44. The Morgan fingerprint density at radius 3 is 2.86 bits per heavy atom. The van der Waals surface area contributed by atoms with Crippen LogP contribution in [-0.4, -0.2) is 6.04 Å². The van der Waals surface area contributed by atoms with Gasteiger partial charge in [0.2, 0.25) is 0 Å². The van der Waals surface area contributed by atoms with Gasteiger partial charge in [-0.15, -0.1) is 11.3 Å². The molecule has 1 aliphatic rings. The van der Waals surface area contributed by atoms with Crippen molar-refractivity contribution < 1.29 is 0 Å². The maximum Gasteiger partial charge on any atom is 0.0286 e. The molecule has 0 aliphatic heterocycles. The van der Waals surface area contributed by atoms with Crippen molar-refractivity contribution in [3.63, 3.8) is 0 Å². The van der Waals surface area contributed by atoms with Crippen molar-refractivity contribution in [3.8, 4) is 0 Å². The molecule has 0 saturated heterocycles. The zero-order valence-corrected chi connectivity index (χ0v) is 9.22. The van der Waals surface area contributed by atoms with Gasteiger partial charge in [0.1, 0.15) is 0 Å². The summed E-state index contributed by atoms with van der Waals surface area (Å²) in [7, 11) is 0. The quantitative estimate of drug-likeness (QED) is 0.591. The second-order valence-corrected chi connectivity index (χ2v) is 5.13. The Hall–Kier alpha value is -0.380. The minimum Gasteiger partial charge on any atom is -0.271 e. The van der Waals surface area contributed by atoms with Crippen molar-refractivity contribution in [2.75, 3.05) is 0 Å². The number of rotatable bonds is 4. The molecular formula is C11H18N2S. The van der Waals surface area contributed by atoms with Gasteiger partial charge in [-0.1, -0.05) is 18.9 Å². The van der Waals surface area contributed by atoms with Crippen LogP contribution in [0.2, 0.25) is 0 Å². The van der Waals surface area contributed by atoms with Crippen molar-refractivity contribution in [3.05, 3.63) is 22.4 Å². The van der Waals surface area contributed by atoms with Crippen molar-refractivity contribution in [1.29, 1.82) is 0 Å². The fourth-order valence-electron chi connectivity index (χ4n) is 2.37. The molecule has 3 N–H and O–H groups in total. The highest BCUT2D eigenvalue weighted by Gasteiger charge is 2.24. The van der Waals surface area contributed by atoms with Crippen LogP contribution in [0, 0.1) is 5.92 Å². The lowest BCUT2D eigenvalue weighted by molar-refractivity contribution is 0.363. The van der Waals surface area contributed by atoms with Gasteiger partial charge in [-0.05, 0) is 36.6 Å². The van der Waals surface area contributed by atoms with E-state index in [1.54, 1.807) is 0 Å². The topological polar surface area (TPSA) is 38.0 Å². The second kappa shape index (κ2) is 4.91. The van der Waals surface area contributed by atoms with Gasteiger partial charge in [-0.3, -0.25) is 11.3 Å². The molecule has 78 valence electrons. The number of hydrogen-bond acceptors (Lipinski definition) is 3. The van der Waals surface area contributed by atoms with E-state index in [0.29, 0.717) is 6.04 Å². The third-order valence-corrected chi connectivity index (χ3v) is 4.08. The molecule has 2 nitrogen and oxygen atoms in total. The van der Waals surface area contributed by atoms with Gasteiger partial charge in [0.15, 0.2) is 0 Å². The summed E-state index contributed by atoms with van der Waals surface area (Å²) in [6.07, 6.45) is 6.56. The molecular weight excluding hydrogens is 192 g/mol. The molecule has 0 bridgehead atoms. The lowest BCUT2D eigenvalue weighted by Crippen LogP contribution is -2.41. The van der Waals surface area contributed by atoms with E-state index in [2.05, 4.69) is 22.9 Å². The highest BCUT2D eigenvalue weighted by molar-refractivity contribution is 7.09. The van der Waals surface area contributed by atoms with Crippen molar-refractivity contribution in [1.82, 2.24) is 5.43 Å². The molecule has 1 fully saturated rings. The molecule has 0 spiro atoms. The lowest BCUT2D eigenvalue weighted by atomic mass is 9.95. The van der Waals surface area contributed by atoms with Crippen molar-refractivity contribution in [2.45, 2.75) is 38.1 Å². The van der Waals surface area contributed by atoms with E-state index in [9.17, 15) is 0 Å². The number of nitrogens with one attached hydrogen (secondary N) is 1. The van der Waals surface area contributed by atoms with Crippen LogP contribution in [0.5, 0.6) is 0 Å². The first-order chi connectivity index (χ1) is 6.90.